The van der Waals surface area contributed by atoms with E-state index < -0.39 is 11.8 Å². The smallest absolute Gasteiger partial charge is 0.281 e. The van der Waals surface area contributed by atoms with Crippen molar-refractivity contribution in [3.05, 3.63) is 99.7 Å². The molecule has 0 bridgehead atoms. The zero-order chi connectivity index (χ0) is 24.7. The number of halogens is 2. The highest BCUT2D eigenvalue weighted by atomic mass is 35.5. The third-order valence-corrected chi connectivity index (χ3v) is 5.14. The lowest BCUT2D eigenvalue weighted by Gasteiger charge is -2.21. The Morgan fingerprint density at radius 1 is 0.853 bits per heavy atom. The average molecular weight is 498 g/mol. The highest BCUT2D eigenvalue weighted by Crippen LogP contribution is 2.29. The van der Waals surface area contributed by atoms with Gasteiger partial charge in [0, 0.05) is 17.2 Å². The molecule has 0 radical (unpaired) electrons. The SMILES string of the molecule is CC(C)(C)NNC(=O)/C(=C\c1ccc(Oc2ccc(Cl)c(Cl)c2)cc1)NC(=O)c1ccccc1. The van der Waals surface area contributed by atoms with E-state index in [4.69, 9.17) is 27.9 Å². The number of rotatable bonds is 7. The Balaban J connectivity index is 1.80. The zero-order valence-electron chi connectivity index (χ0n) is 19.0. The second kappa shape index (κ2) is 11.2. The minimum atomic E-state index is -0.477. The molecule has 0 heterocycles. The first-order valence-electron chi connectivity index (χ1n) is 10.5. The maximum atomic E-state index is 12.8. The van der Waals surface area contributed by atoms with E-state index in [9.17, 15) is 9.59 Å². The lowest BCUT2D eigenvalue weighted by atomic mass is 10.1. The highest BCUT2D eigenvalue weighted by molar-refractivity contribution is 6.42. The van der Waals surface area contributed by atoms with Crippen LogP contribution in [0.3, 0.4) is 0 Å². The van der Waals surface area contributed by atoms with Crippen LogP contribution in [0.2, 0.25) is 10.0 Å². The van der Waals surface area contributed by atoms with Gasteiger partial charge in [0.2, 0.25) is 0 Å². The molecule has 0 aromatic heterocycles. The van der Waals surface area contributed by atoms with Crippen molar-refractivity contribution < 1.29 is 14.3 Å². The van der Waals surface area contributed by atoms with Gasteiger partial charge in [-0.2, -0.15) is 0 Å². The maximum absolute atomic E-state index is 12.8. The van der Waals surface area contributed by atoms with Crippen LogP contribution >= 0.6 is 23.2 Å². The summed E-state index contributed by atoms with van der Waals surface area (Å²) in [5.41, 5.74) is 6.41. The summed E-state index contributed by atoms with van der Waals surface area (Å²) in [5.74, 6) is 0.248. The van der Waals surface area contributed by atoms with E-state index in [1.807, 2.05) is 26.8 Å². The minimum Gasteiger partial charge on any atom is -0.457 e. The predicted molar refractivity (Wildman–Crippen MR) is 136 cm³/mol. The van der Waals surface area contributed by atoms with Crippen LogP contribution in [0.1, 0.15) is 36.7 Å². The quantitative estimate of drug-likeness (QED) is 0.277. The Kier molecular flexibility index (Phi) is 8.34. The molecule has 0 aliphatic rings. The van der Waals surface area contributed by atoms with E-state index in [0.717, 1.165) is 0 Å². The van der Waals surface area contributed by atoms with Crippen LogP contribution in [-0.4, -0.2) is 17.4 Å². The molecule has 0 saturated heterocycles. The Morgan fingerprint density at radius 3 is 2.12 bits per heavy atom. The number of nitrogens with one attached hydrogen (secondary N) is 3. The number of hydrogen-bond donors (Lipinski definition) is 3. The van der Waals surface area contributed by atoms with Crippen molar-refractivity contribution in [1.29, 1.82) is 0 Å². The van der Waals surface area contributed by atoms with Gasteiger partial charge in [-0.25, -0.2) is 5.43 Å². The maximum Gasteiger partial charge on any atom is 0.281 e. The summed E-state index contributed by atoms with van der Waals surface area (Å²) in [6.45, 7) is 5.73. The lowest BCUT2D eigenvalue weighted by molar-refractivity contribution is -0.119. The Labute approximate surface area is 208 Å². The summed E-state index contributed by atoms with van der Waals surface area (Å²) >= 11 is 12.0. The largest absolute Gasteiger partial charge is 0.457 e. The van der Waals surface area contributed by atoms with Gasteiger partial charge in [0.25, 0.3) is 11.8 Å². The number of carbonyl (C=O) groups is 2. The fourth-order valence-corrected chi connectivity index (χ4v) is 3.02. The minimum absolute atomic E-state index is 0.0868. The van der Waals surface area contributed by atoms with Gasteiger partial charge in [0.05, 0.1) is 10.0 Å². The molecule has 8 heteroatoms. The lowest BCUT2D eigenvalue weighted by Crippen LogP contribution is -2.50. The number of hydrogen-bond acceptors (Lipinski definition) is 4. The third-order valence-electron chi connectivity index (χ3n) is 4.40. The molecule has 0 fully saturated rings. The molecule has 3 aromatic carbocycles. The van der Waals surface area contributed by atoms with Crippen molar-refractivity contribution >= 4 is 41.1 Å². The summed E-state index contributed by atoms with van der Waals surface area (Å²) in [4.78, 5) is 25.5. The molecule has 0 aliphatic heterocycles. The standard InChI is InChI=1S/C26H25Cl2N3O3/c1-26(2,3)31-30-25(33)23(29-24(32)18-7-5-4-6-8-18)15-17-9-11-19(12-10-17)34-20-13-14-21(27)22(28)16-20/h4-16,31H,1-3H3,(H,29,32)(H,30,33)/b23-15+. The molecule has 0 unspecified atom stereocenters. The van der Waals surface area contributed by atoms with Gasteiger partial charge in [-0.15, -0.1) is 0 Å². The summed E-state index contributed by atoms with van der Waals surface area (Å²) in [7, 11) is 0. The normalized spacial score (nSPS) is 11.6. The fourth-order valence-electron chi connectivity index (χ4n) is 2.73. The number of hydrazine groups is 1. The molecule has 3 N–H and O–H groups in total. The zero-order valence-corrected chi connectivity index (χ0v) is 20.5. The molecule has 0 spiro atoms. The van der Waals surface area contributed by atoms with Crippen LogP contribution in [0, 0.1) is 0 Å². The van der Waals surface area contributed by atoms with Gasteiger partial charge in [-0.1, -0.05) is 53.5 Å². The molecular formula is C26H25Cl2N3O3. The van der Waals surface area contributed by atoms with Crippen LogP contribution in [0.4, 0.5) is 0 Å². The van der Waals surface area contributed by atoms with E-state index in [1.54, 1.807) is 72.8 Å². The molecule has 0 aliphatic carbocycles. The van der Waals surface area contributed by atoms with Crippen molar-refractivity contribution in [3.8, 4) is 11.5 Å². The molecule has 3 aromatic rings. The second-order valence-electron chi connectivity index (χ2n) is 8.45. The second-order valence-corrected chi connectivity index (χ2v) is 9.27. The van der Waals surface area contributed by atoms with Crippen molar-refractivity contribution in [3.63, 3.8) is 0 Å². The van der Waals surface area contributed by atoms with E-state index in [2.05, 4.69) is 16.2 Å². The summed E-state index contributed by atoms with van der Waals surface area (Å²) in [5, 5.41) is 3.53. The molecule has 0 atom stereocenters. The number of carbonyl (C=O) groups excluding carboxylic acids is 2. The number of ether oxygens (including phenoxy) is 1. The van der Waals surface area contributed by atoms with E-state index >= 15 is 0 Å². The topological polar surface area (TPSA) is 79.5 Å². The van der Waals surface area contributed by atoms with Crippen LogP contribution in [0.15, 0.2) is 78.5 Å². The van der Waals surface area contributed by atoms with E-state index in [-0.39, 0.29) is 11.2 Å². The summed E-state index contributed by atoms with van der Waals surface area (Å²) in [6.07, 6.45) is 1.59. The molecule has 2 amide bonds. The van der Waals surface area contributed by atoms with E-state index in [1.165, 1.54) is 0 Å². The van der Waals surface area contributed by atoms with Gasteiger partial charge >= 0.3 is 0 Å². The molecule has 176 valence electrons. The van der Waals surface area contributed by atoms with Gasteiger partial charge in [-0.05, 0) is 68.8 Å². The first kappa shape index (κ1) is 25.3. The van der Waals surface area contributed by atoms with Gasteiger partial charge in [0.15, 0.2) is 0 Å². The van der Waals surface area contributed by atoms with Crippen LogP contribution in [0.5, 0.6) is 11.5 Å². The predicted octanol–water partition coefficient (Wildman–Crippen LogP) is 5.98. The molecule has 0 saturated carbocycles. The highest BCUT2D eigenvalue weighted by Gasteiger charge is 2.17. The Hall–Kier alpha value is -3.32. The van der Waals surface area contributed by atoms with Crippen LogP contribution < -0.4 is 20.9 Å². The fraction of sp³-hybridized carbons (Fsp3) is 0.154. The monoisotopic (exact) mass is 497 g/mol. The Morgan fingerprint density at radius 2 is 1.50 bits per heavy atom. The van der Waals surface area contributed by atoms with E-state index in [0.29, 0.717) is 32.7 Å². The average Bonchev–Trinajstić information content (AvgIpc) is 2.80. The van der Waals surface area contributed by atoms with Crippen molar-refractivity contribution in [2.45, 2.75) is 26.3 Å². The molecule has 6 nitrogen and oxygen atoms in total. The third kappa shape index (κ3) is 7.63. The summed E-state index contributed by atoms with van der Waals surface area (Å²) < 4.78 is 5.80. The number of amides is 2. The molecular weight excluding hydrogens is 473 g/mol. The van der Waals surface area contributed by atoms with Gasteiger partial charge in [0.1, 0.15) is 17.2 Å². The van der Waals surface area contributed by atoms with Crippen LogP contribution in [-0.2, 0) is 4.79 Å². The molecule has 3 rings (SSSR count). The molecule has 34 heavy (non-hydrogen) atoms. The first-order valence-corrected chi connectivity index (χ1v) is 11.2. The van der Waals surface area contributed by atoms with Gasteiger partial charge < -0.3 is 10.1 Å². The van der Waals surface area contributed by atoms with Crippen molar-refractivity contribution in [1.82, 2.24) is 16.2 Å². The Bertz CT molecular complexity index is 1190. The summed E-state index contributed by atoms with van der Waals surface area (Å²) in [6, 6.07) is 20.7. The van der Waals surface area contributed by atoms with Crippen molar-refractivity contribution in [2.75, 3.05) is 0 Å². The van der Waals surface area contributed by atoms with Gasteiger partial charge in [-0.3, -0.25) is 15.0 Å². The van der Waals surface area contributed by atoms with Crippen molar-refractivity contribution in [2.24, 2.45) is 0 Å². The first-order chi connectivity index (χ1) is 16.1. The number of benzene rings is 3. The van der Waals surface area contributed by atoms with Crippen LogP contribution in [0.25, 0.3) is 6.08 Å².